The highest BCUT2D eigenvalue weighted by Gasteiger charge is 2.26. The molecule has 0 aliphatic heterocycles. The van der Waals surface area contributed by atoms with Gasteiger partial charge in [-0.1, -0.05) is 20.3 Å². The van der Waals surface area contributed by atoms with E-state index in [0.29, 0.717) is 13.0 Å². The number of aromatic nitrogens is 2. The summed E-state index contributed by atoms with van der Waals surface area (Å²) in [5.74, 6) is -1.88. The van der Waals surface area contributed by atoms with Crippen LogP contribution in [-0.4, -0.2) is 28.9 Å². The number of anilines is 2. The molecule has 136 valence electrons. The second kappa shape index (κ2) is 8.60. The minimum Gasteiger partial charge on any atom is -0.383 e. The van der Waals surface area contributed by atoms with Gasteiger partial charge in [0.25, 0.3) is 5.56 Å². The van der Waals surface area contributed by atoms with Crippen molar-refractivity contribution in [1.82, 2.24) is 9.55 Å². The van der Waals surface area contributed by atoms with Gasteiger partial charge in [-0.2, -0.15) is 0 Å². The van der Waals surface area contributed by atoms with E-state index in [-0.39, 0.29) is 17.9 Å². The van der Waals surface area contributed by atoms with Gasteiger partial charge in [-0.05, 0) is 12.8 Å². The summed E-state index contributed by atoms with van der Waals surface area (Å²) in [7, 11) is 1.29. The smallest absolute Gasteiger partial charge is 0.330 e. The van der Waals surface area contributed by atoms with Gasteiger partial charge < -0.3 is 10.6 Å². The Morgan fingerprint density at radius 3 is 2.46 bits per heavy atom. The molecule has 1 aromatic rings. The third kappa shape index (κ3) is 4.42. The van der Waals surface area contributed by atoms with Crippen molar-refractivity contribution < 1.29 is 13.6 Å². The number of nitrogen functional groups attached to an aromatic ring is 1. The first-order valence-electron chi connectivity index (χ1n) is 7.91. The zero-order valence-corrected chi connectivity index (χ0v) is 14.1. The predicted octanol–water partition coefficient (Wildman–Crippen LogP) is 1.56. The molecule has 7 nitrogen and oxygen atoms in total. The lowest BCUT2D eigenvalue weighted by molar-refractivity contribution is -0.120. The number of carbonyl (C=O) groups excluding carboxylic acids is 1. The highest BCUT2D eigenvalue weighted by Crippen LogP contribution is 2.22. The van der Waals surface area contributed by atoms with Gasteiger partial charge in [0.05, 0.1) is 0 Å². The van der Waals surface area contributed by atoms with Crippen molar-refractivity contribution in [3.63, 3.8) is 0 Å². The Morgan fingerprint density at radius 1 is 1.33 bits per heavy atom. The molecule has 9 heteroatoms. The lowest BCUT2D eigenvalue weighted by Crippen LogP contribution is -2.40. The SMILES string of the molecule is CCCCn1c(N)c(N(C)C(=O)CC(CC)C(F)F)c(=O)[nH]c1=O. The number of amides is 1. The first kappa shape index (κ1) is 19.9. The zero-order chi connectivity index (χ0) is 18.4. The molecular formula is C15H24F2N4O3. The molecule has 1 atom stereocenters. The molecule has 0 aliphatic carbocycles. The van der Waals surface area contributed by atoms with E-state index in [9.17, 15) is 23.2 Å². The van der Waals surface area contributed by atoms with E-state index < -0.39 is 35.9 Å². The Labute approximate surface area is 138 Å². The summed E-state index contributed by atoms with van der Waals surface area (Å²) in [5.41, 5.74) is 4.22. The molecule has 0 bridgehead atoms. The van der Waals surface area contributed by atoms with Crippen LogP contribution in [-0.2, 0) is 11.3 Å². The Hall–Kier alpha value is -2.19. The number of nitrogens with one attached hydrogen (secondary N) is 1. The van der Waals surface area contributed by atoms with E-state index in [2.05, 4.69) is 4.98 Å². The summed E-state index contributed by atoms with van der Waals surface area (Å²) in [5, 5.41) is 0. The molecular weight excluding hydrogens is 322 g/mol. The number of carbonyl (C=O) groups is 1. The molecule has 0 saturated heterocycles. The fraction of sp³-hybridized carbons (Fsp3) is 0.667. The molecule has 3 N–H and O–H groups in total. The van der Waals surface area contributed by atoms with Gasteiger partial charge in [0, 0.05) is 25.9 Å². The third-order valence-corrected chi connectivity index (χ3v) is 3.98. The number of hydrogen-bond acceptors (Lipinski definition) is 4. The maximum Gasteiger partial charge on any atom is 0.330 e. The summed E-state index contributed by atoms with van der Waals surface area (Å²) in [6, 6.07) is 0. The van der Waals surface area contributed by atoms with Gasteiger partial charge >= 0.3 is 5.69 Å². The quantitative estimate of drug-likeness (QED) is 0.746. The number of aromatic amines is 1. The Morgan fingerprint density at radius 2 is 1.96 bits per heavy atom. The topological polar surface area (TPSA) is 101 Å². The van der Waals surface area contributed by atoms with Crippen molar-refractivity contribution in [2.75, 3.05) is 17.7 Å². The van der Waals surface area contributed by atoms with Crippen molar-refractivity contribution >= 4 is 17.4 Å². The van der Waals surface area contributed by atoms with E-state index in [1.165, 1.54) is 11.6 Å². The van der Waals surface area contributed by atoms with Crippen molar-refractivity contribution in [3.8, 4) is 0 Å². The highest BCUT2D eigenvalue weighted by molar-refractivity contribution is 5.95. The van der Waals surface area contributed by atoms with E-state index >= 15 is 0 Å². The summed E-state index contributed by atoms with van der Waals surface area (Å²) in [6.07, 6.45) is -1.42. The molecule has 1 rings (SSSR count). The molecule has 0 fully saturated rings. The van der Waals surface area contributed by atoms with Crippen molar-refractivity contribution in [3.05, 3.63) is 20.8 Å². The van der Waals surface area contributed by atoms with Gasteiger partial charge in [0.2, 0.25) is 12.3 Å². The van der Waals surface area contributed by atoms with Crippen LogP contribution in [0, 0.1) is 5.92 Å². The summed E-state index contributed by atoms with van der Waals surface area (Å²) in [4.78, 5) is 39.2. The summed E-state index contributed by atoms with van der Waals surface area (Å²) >= 11 is 0. The molecule has 1 amide bonds. The van der Waals surface area contributed by atoms with E-state index in [1.807, 2.05) is 6.92 Å². The van der Waals surface area contributed by atoms with Gasteiger partial charge in [0.15, 0.2) is 5.69 Å². The number of hydrogen-bond donors (Lipinski definition) is 2. The Kier molecular flexibility index (Phi) is 7.12. The van der Waals surface area contributed by atoms with Crippen LogP contribution < -0.4 is 21.9 Å². The lowest BCUT2D eigenvalue weighted by atomic mass is 10.0. The van der Waals surface area contributed by atoms with Gasteiger partial charge in [-0.25, -0.2) is 13.6 Å². The largest absolute Gasteiger partial charge is 0.383 e. The van der Waals surface area contributed by atoms with Crippen LogP contribution in [0.5, 0.6) is 0 Å². The van der Waals surface area contributed by atoms with Crippen LogP contribution in [0.25, 0.3) is 0 Å². The molecule has 0 radical (unpaired) electrons. The minimum atomic E-state index is -2.62. The average Bonchev–Trinajstić information content (AvgIpc) is 2.51. The fourth-order valence-electron chi connectivity index (χ4n) is 2.34. The highest BCUT2D eigenvalue weighted by atomic mass is 19.3. The molecule has 1 aromatic heterocycles. The number of nitrogens with two attached hydrogens (primary N) is 1. The molecule has 0 saturated carbocycles. The first-order valence-corrected chi connectivity index (χ1v) is 7.91. The number of halogens is 2. The minimum absolute atomic E-state index is 0.138. The standard InChI is InChI=1S/C15H24F2N4O3/c1-4-6-7-21-13(18)11(14(23)19-15(21)24)20(3)10(22)8-9(5-2)12(16)17/h9,12H,4-8,18H2,1-3H3,(H,19,23,24). The maximum absolute atomic E-state index is 12.8. The predicted molar refractivity (Wildman–Crippen MR) is 88.5 cm³/mol. The fourth-order valence-corrected chi connectivity index (χ4v) is 2.34. The van der Waals surface area contributed by atoms with Crippen molar-refractivity contribution in [1.29, 1.82) is 0 Å². The monoisotopic (exact) mass is 346 g/mol. The van der Waals surface area contributed by atoms with Crippen molar-refractivity contribution in [2.45, 2.75) is 52.5 Å². The molecule has 0 spiro atoms. The van der Waals surface area contributed by atoms with Crippen LogP contribution in [0.4, 0.5) is 20.3 Å². The van der Waals surface area contributed by atoms with E-state index in [4.69, 9.17) is 5.73 Å². The Bertz CT molecular complexity index is 684. The maximum atomic E-state index is 12.8. The number of nitrogens with zero attached hydrogens (tertiary/aromatic N) is 2. The number of H-pyrrole nitrogens is 1. The second-order valence-corrected chi connectivity index (χ2v) is 5.66. The van der Waals surface area contributed by atoms with Crippen LogP contribution in [0.2, 0.25) is 0 Å². The third-order valence-electron chi connectivity index (χ3n) is 3.98. The molecule has 1 heterocycles. The first-order chi connectivity index (χ1) is 11.2. The van der Waals surface area contributed by atoms with Crippen LogP contribution in [0.1, 0.15) is 39.5 Å². The molecule has 1 unspecified atom stereocenters. The van der Waals surface area contributed by atoms with E-state index in [1.54, 1.807) is 6.92 Å². The molecule has 0 aliphatic rings. The van der Waals surface area contributed by atoms with Gasteiger partial charge in [0.1, 0.15) is 5.82 Å². The summed E-state index contributed by atoms with van der Waals surface area (Å²) in [6.45, 7) is 3.79. The second-order valence-electron chi connectivity index (χ2n) is 5.66. The van der Waals surface area contributed by atoms with E-state index in [0.717, 1.165) is 11.3 Å². The normalized spacial score (nSPS) is 12.4. The van der Waals surface area contributed by atoms with Crippen LogP contribution in [0.15, 0.2) is 9.59 Å². The Balaban J connectivity index is 3.18. The lowest BCUT2D eigenvalue weighted by Gasteiger charge is -2.22. The average molecular weight is 346 g/mol. The molecule has 0 aromatic carbocycles. The van der Waals surface area contributed by atoms with Gasteiger partial charge in [-0.3, -0.25) is 19.1 Å². The molecule has 24 heavy (non-hydrogen) atoms. The van der Waals surface area contributed by atoms with Crippen LogP contribution in [0.3, 0.4) is 0 Å². The number of rotatable bonds is 8. The number of alkyl halides is 2. The zero-order valence-electron chi connectivity index (χ0n) is 14.1. The number of unbranched alkanes of at least 4 members (excludes halogenated alkanes) is 1. The summed E-state index contributed by atoms with van der Waals surface area (Å²) < 4.78 is 26.8. The van der Waals surface area contributed by atoms with Crippen LogP contribution >= 0.6 is 0 Å². The van der Waals surface area contributed by atoms with Crippen molar-refractivity contribution in [2.24, 2.45) is 5.92 Å². The van der Waals surface area contributed by atoms with Gasteiger partial charge in [-0.15, -0.1) is 0 Å².